The highest BCUT2D eigenvalue weighted by molar-refractivity contribution is 8.00. The fourth-order valence-electron chi connectivity index (χ4n) is 4.18. The summed E-state index contributed by atoms with van der Waals surface area (Å²) in [6, 6.07) is 21.4. The number of rotatable bonds is 9. The summed E-state index contributed by atoms with van der Waals surface area (Å²) in [7, 11) is 1.58. The summed E-state index contributed by atoms with van der Waals surface area (Å²) < 4.78 is 6.15. The fourth-order valence-corrected chi connectivity index (χ4v) is 7.18. The molecule has 5 aromatic rings. The van der Waals surface area contributed by atoms with E-state index in [1.54, 1.807) is 37.4 Å². The number of halogens is 4. The molecule has 0 aliphatic heterocycles. The lowest BCUT2D eigenvalue weighted by Crippen LogP contribution is -2.19. The second-order valence-electron chi connectivity index (χ2n) is 9.04. The molecule has 1 atom stereocenters. The Kier molecular flexibility index (Phi) is 9.89. The van der Waals surface area contributed by atoms with Crippen LogP contribution in [0.3, 0.4) is 0 Å². The zero-order valence-electron chi connectivity index (χ0n) is 22.4. The summed E-state index contributed by atoms with van der Waals surface area (Å²) in [5.41, 5.74) is 0.764. The van der Waals surface area contributed by atoms with Crippen molar-refractivity contribution >= 4 is 108 Å². The Morgan fingerprint density at radius 3 is 2.25 bits per heavy atom. The summed E-state index contributed by atoms with van der Waals surface area (Å²) in [5, 5.41) is 13.7. The number of carbonyl (C=O) groups excluding carboxylic acids is 2. The van der Waals surface area contributed by atoms with E-state index < -0.39 is 33.3 Å². The number of carboxylic acids is 1. The molecule has 44 heavy (non-hydrogen) atoms. The minimum Gasteiger partial charge on any atom is -0.497 e. The van der Waals surface area contributed by atoms with Crippen LogP contribution in [0.25, 0.3) is 10.2 Å². The van der Waals surface area contributed by atoms with Gasteiger partial charge in [0.2, 0.25) is 5.91 Å². The normalized spacial score (nSPS) is 11.7. The van der Waals surface area contributed by atoms with Crippen LogP contribution in [0.15, 0.2) is 77.7 Å². The van der Waals surface area contributed by atoms with Crippen LogP contribution in [0.4, 0.5) is 10.8 Å². The van der Waals surface area contributed by atoms with Crippen molar-refractivity contribution < 1.29 is 24.2 Å². The summed E-state index contributed by atoms with van der Waals surface area (Å²) in [6.45, 7) is 0. The molecule has 8 nitrogen and oxygen atoms in total. The number of nitrogens with one attached hydrogen (secondary N) is 2. The second kappa shape index (κ2) is 13.6. The van der Waals surface area contributed by atoms with Crippen LogP contribution in [0, 0.1) is 0 Å². The monoisotopic (exact) mass is 705 g/mol. The fraction of sp³-hybridized carbons (Fsp3) is 0.0667. The van der Waals surface area contributed by atoms with Crippen LogP contribution in [0.5, 0.6) is 5.75 Å². The lowest BCUT2D eigenvalue weighted by molar-refractivity contribution is -0.115. The van der Waals surface area contributed by atoms with Gasteiger partial charge in [0.25, 0.3) is 5.91 Å². The molecule has 0 fully saturated rings. The Bertz CT molecular complexity index is 1920. The number of nitrogens with zero attached hydrogens (tertiary/aromatic N) is 1. The SMILES string of the molecule is COc1ccc2nc(NC(=O)C(Sc3cccc(NC(=O)c4c(Cl)c(Cl)c(Cl)c(Cl)c4C(=O)O)c3)c3ccccc3)sc2c1. The van der Waals surface area contributed by atoms with Crippen LogP contribution < -0.4 is 15.4 Å². The van der Waals surface area contributed by atoms with Crippen molar-refractivity contribution in [2.24, 2.45) is 0 Å². The number of fused-ring (bicyclic) bond motifs is 1. The van der Waals surface area contributed by atoms with E-state index in [-0.39, 0.29) is 21.0 Å². The minimum atomic E-state index is -1.51. The Labute approximate surface area is 279 Å². The van der Waals surface area contributed by atoms with E-state index in [4.69, 9.17) is 51.1 Å². The number of benzene rings is 4. The Morgan fingerprint density at radius 1 is 0.864 bits per heavy atom. The quantitative estimate of drug-likeness (QED) is 0.0794. The van der Waals surface area contributed by atoms with Crippen LogP contribution in [-0.4, -0.2) is 35.0 Å². The number of amides is 2. The van der Waals surface area contributed by atoms with E-state index in [1.165, 1.54) is 23.1 Å². The summed E-state index contributed by atoms with van der Waals surface area (Å²) in [6.07, 6.45) is 0. The van der Waals surface area contributed by atoms with Crippen molar-refractivity contribution in [2.45, 2.75) is 10.1 Å². The van der Waals surface area contributed by atoms with E-state index in [2.05, 4.69) is 15.6 Å². The van der Waals surface area contributed by atoms with Gasteiger partial charge < -0.3 is 20.5 Å². The van der Waals surface area contributed by atoms with Gasteiger partial charge in [-0.3, -0.25) is 9.59 Å². The summed E-state index contributed by atoms with van der Waals surface area (Å²) in [4.78, 5) is 44.0. The van der Waals surface area contributed by atoms with Gasteiger partial charge in [0, 0.05) is 10.6 Å². The lowest BCUT2D eigenvalue weighted by atomic mass is 10.1. The first-order valence-electron chi connectivity index (χ1n) is 12.5. The Morgan fingerprint density at radius 2 is 1.57 bits per heavy atom. The molecule has 1 unspecified atom stereocenters. The minimum absolute atomic E-state index is 0.248. The molecule has 0 saturated carbocycles. The second-order valence-corrected chi connectivity index (χ2v) is 12.8. The Hall–Kier alpha value is -3.51. The van der Waals surface area contributed by atoms with Crippen LogP contribution in [0.1, 0.15) is 31.5 Å². The third-order valence-corrected chi connectivity index (χ3v) is 10.2. The standard InChI is InChI=1S/C30H19Cl4N3O5S2/c1-42-16-10-11-18-19(13-16)44-30(36-18)37-28(39)26(14-6-3-2-4-7-14)43-17-9-5-8-15(12-17)35-27(38)20-21(29(40)41)23(32)25(34)24(33)22(20)31/h2-13,26H,1H3,(H,35,38)(H,40,41)(H,36,37,39). The number of thiazole rings is 1. The third kappa shape index (κ3) is 6.76. The summed E-state index contributed by atoms with van der Waals surface area (Å²) >= 11 is 27.0. The van der Waals surface area contributed by atoms with E-state index in [0.717, 1.165) is 15.8 Å². The number of carboxylic acid groups (broad SMARTS) is 1. The highest BCUT2D eigenvalue weighted by Crippen LogP contribution is 2.42. The number of aromatic carboxylic acids is 1. The van der Waals surface area contributed by atoms with Gasteiger partial charge in [0.15, 0.2) is 5.13 Å². The molecule has 0 radical (unpaired) electrons. The third-order valence-electron chi connectivity index (χ3n) is 6.22. The first-order valence-corrected chi connectivity index (χ1v) is 15.8. The number of hydrogen-bond donors (Lipinski definition) is 3. The predicted molar refractivity (Wildman–Crippen MR) is 178 cm³/mol. The smallest absolute Gasteiger partial charge is 0.338 e. The first-order chi connectivity index (χ1) is 21.1. The van der Waals surface area contributed by atoms with Crippen molar-refractivity contribution in [1.82, 2.24) is 4.98 Å². The predicted octanol–water partition coefficient (Wildman–Crippen LogP) is 9.34. The molecule has 4 aromatic carbocycles. The maximum absolute atomic E-state index is 13.6. The van der Waals surface area contributed by atoms with Crippen molar-refractivity contribution in [3.63, 3.8) is 0 Å². The Balaban J connectivity index is 1.41. The van der Waals surface area contributed by atoms with Gasteiger partial charge in [-0.2, -0.15) is 0 Å². The van der Waals surface area contributed by atoms with Gasteiger partial charge in [-0.1, -0.05) is 94.1 Å². The number of methoxy groups -OCH3 is 1. The van der Waals surface area contributed by atoms with Gasteiger partial charge in [-0.15, -0.1) is 11.8 Å². The van der Waals surface area contributed by atoms with Gasteiger partial charge in [0.1, 0.15) is 11.0 Å². The summed E-state index contributed by atoms with van der Waals surface area (Å²) in [5.74, 6) is -1.98. The van der Waals surface area contributed by atoms with E-state index >= 15 is 0 Å². The van der Waals surface area contributed by atoms with Crippen LogP contribution >= 0.6 is 69.5 Å². The molecule has 2 amide bonds. The average molecular weight is 707 g/mol. The number of carbonyl (C=O) groups is 3. The molecule has 224 valence electrons. The van der Waals surface area contributed by atoms with Gasteiger partial charge in [0.05, 0.1) is 48.5 Å². The maximum Gasteiger partial charge on any atom is 0.338 e. The van der Waals surface area contributed by atoms with Crippen molar-refractivity contribution in [2.75, 3.05) is 17.7 Å². The van der Waals surface area contributed by atoms with Gasteiger partial charge in [-0.25, -0.2) is 9.78 Å². The average Bonchev–Trinajstić information content (AvgIpc) is 3.42. The molecule has 14 heteroatoms. The molecule has 0 saturated heterocycles. The molecule has 1 heterocycles. The molecule has 0 aliphatic rings. The zero-order chi connectivity index (χ0) is 31.5. The number of thioether (sulfide) groups is 1. The van der Waals surface area contributed by atoms with Crippen LogP contribution in [-0.2, 0) is 4.79 Å². The zero-order valence-corrected chi connectivity index (χ0v) is 27.0. The number of anilines is 2. The molecule has 0 bridgehead atoms. The van der Waals surface area contributed by atoms with Crippen molar-refractivity contribution in [1.29, 1.82) is 0 Å². The number of aromatic nitrogens is 1. The highest BCUT2D eigenvalue weighted by Gasteiger charge is 2.29. The first kappa shape index (κ1) is 31.9. The molecule has 5 rings (SSSR count). The molecule has 0 spiro atoms. The molecule has 0 aliphatic carbocycles. The highest BCUT2D eigenvalue weighted by atomic mass is 35.5. The van der Waals surface area contributed by atoms with Gasteiger partial charge in [-0.05, 0) is 42.0 Å². The van der Waals surface area contributed by atoms with E-state index in [9.17, 15) is 19.5 Å². The topological polar surface area (TPSA) is 118 Å². The maximum atomic E-state index is 13.6. The largest absolute Gasteiger partial charge is 0.497 e. The van der Waals surface area contributed by atoms with Crippen molar-refractivity contribution in [3.8, 4) is 5.75 Å². The number of hydrogen-bond acceptors (Lipinski definition) is 7. The number of ether oxygens (including phenoxy) is 1. The molecule has 3 N–H and O–H groups in total. The van der Waals surface area contributed by atoms with E-state index in [0.29, 0.717) is 21.5 Å². The molecule has 1 aromatic heterocycles. The van der Waals surface area contributed by atoms with Crippen LogP contribution in [0.2, 0.25) is 20.1 Å². The molecular formula is C30H19Cl4N3O5S2. The lowest BCUT2D eigenvalue weighted by Gasteiger charge is -2.17. The molecular weight excluding hydrogens is 688 g/mol. The van der Waals surface area contributed by atoms with Gasteiger partial charge >= 0.3 is 5.97 Å². The van der Waals surface area contributed by atoms with Crippen molar-refractivity contribution in [3.05, 3.63) is 110 Å². The van der Waals surface area contributed by atoms with E-state index in [1.807, 2.05) is 42.5 Å².